The van der Waals surface area contributed by atoms with Gasteiger partial charge in [0.25, 0.3) is 0 Å². The lowest BCUT2D eigenvalue weighted by Crippen LogP contribution is -2.64. The first-order chi connectivity index (χ1) is 22.3. The molecule has 2 amide bonds. The van der Waals surface area contributed by atoms with Crippen molar-refractivity contribution < 1.29 is 18.7 Å². The molecule has 3 aromatic rings. The molecule has 3 saturated heterocycles. The predicted molar refractivity (Wildman–Crippen MR) is 181 cm³/mol. The van der Waals surface area contributed by atoms with Gasteiger partial charge in [0.2, 0.25) is 11.8 Å². The van der Waals surface area contributed by atoms with Crippen LogP contribution in [0.5, 0.6) is 0 Å². The van der Waals surface area contributed by atoms with Crippen molar-refractivity contribution in [2.75, 3.05) is 69.7 Å². The minimum Gasteiger partial charge on any atom is -0.378 e. The van der Waals surface area contributed by atoms with Gasteiger partial charge in [-0.2, -0.15) is 0 Å². The first-order valence-corrected chi connectivity index (χ1v) is 16.3. The average Bonchev–Trinajstić information content (AvgIpc) is 3.45. The maximum atomic E-state index is 15.1. The standard InChI is InChI=1S/C35H41FN6O3S/c1-39-17-15-35(16-18-39,33(44)37-28-11-13-29(14-12-28)40-19-21-45-22-20-40)42(23-27-9-5-6-10-30(27)36)32(43)25-41-24-31(38-34(41)46)26-7-3-2-4-8-26/h2-14,31H,15-25H2,1H3,(H,37,44)(H,38,46)/t31-/m1/s1. The number of morpholine rings is 1. The summed E-state index contributed by atoms with van der Waals surface area (Å²) >= 11 is 5.66. The summed E-state index contributed by atoms with van der Waals surface area (Å²) in [6, 6.07) is 24.1. The van der Waals surface area contributed by atoms with Gasteiger partial charge in [-0.3, -0.25) is 9.59 Å². The number of likely N-dealkylation sites (tertiary alicyclic amines) is 1. The van der Waals surface area contributed by atoms with Crippen molar-refractivity contribution >= 4 is 40.5 Å². The number of hydrogen-bond donors (Lipinski definition) is 2. The van der Waals surface area contributed by atoms with E-state index in [1.54, 1.807) is 23.1 Å². The van der Waals surface area contributed by atoms with Crippen molar-refractivity contribution in [2.45, 2.75) is 31.0 Å². The molecule has 2 N–H and O–H groups in total. The molecule has 0 aliphatic carbocycles. The molecule has 3 aliphatic heterocycles. The molecule has 46 heavy (non-hydrogen) atoms. The number of hydrogen-bond acceptors (Lipinski definition) is 6. The number of benzene rings is 3. The monoisotopic (exact) mass is 644 g/mol. The molecule has 0 spiro atoms. The molecule has 242 valence electrons. The summed E-state index contributed by atoms with van der Waals surface area (Å²) in [5, 5.41) is 6.94. The Kier molecular flexibility index (Phi) is 9.81. The van der Waals surface area contributed by atoms with E-state index in [4.69, 9.17) is 17.0 Å². The number of thiocarbonyl (C=S) groups is 1. The molecular weight excluding hydrogens is 603 g/mol. The van der Waals surface area contributed by atoms with E-state index >= 15 is 4.39 Å². The second kappa shape index (κ2) is 14.1. The lowest BCUT2D eigenvalue weighted by atomic mass is 9.83. The van der Waals surface area contributed by atoms with E-state index in [1.807, 2.05) is 66.5 Å². The van der Waals surface area contributed by atoms with Crippen LogP contribution in [0.25, 0.3) is 0 Å². The van der Waals surface area contributed by atoms with Crippen LogP contribution in [0.15, 0.2) is 78.9 Å². The van der Waals surface area contributed by atoms with Crippen molar-refractivity contribution in [3.63, 3.8) is 0 Å². The fourth-order valence-corrected chi connectivity index (χ4v) is 6.84. The molecule has 0 saturated carbocycles. The van der Waals surface area contributed by atoms with Crippen LogP contribution in [0.3, 0.4) is 0 Å². The fraction of sp³-hybridized carbons (Fsp3) is 0.400. The Bertz CT molecular complexity index is 1530. The third-order valence-electron chi connectivity index (χ3n) is 9.36. The fourth-order valence-electron chi connectivity index (χ4n) is 6.56. The normalized spacial score (nSPS) is 19.9. The zero-order valence-electron chi connectivity index (χ0n) is 26.2. The lowest BCUT2D eigenvalue weighted by molar-refractivity contribution is -0.150. The van der Waals surface area contributed by atoms with E-state index in [9.17, 15) is 9.59 Å². The van der Waals surface area contributed by atoms with Crippen LogP contribution in [0, 0.1) is 5.82 Å². The lowest BCUT2D eigenvalue weighted by Gasteiger charge is -2.47. The smallest absolute Gasteiger partial charge is 0.250 e. The molecule has 0 unspecified atom stereocenters. The maximum absolute atomic E-state index is 15.1. The Morgan fingerprint density at radius 2 is 1.65 bits per heavy atom. The quantitative estimate of drug-likeness (QED) is 0.339. The number of ether oxygens (including phenoxy) is 1. The number of carbonyl (C=O) groups is 2. The minimum absolute atomic E-state index is 0.0251. The van der Waals surface area contributed by atoms with Crippen LogP contribution in [-0.2, 0) is 20.9 Å². The van der Waals surface area contributed by atoms with Crippen LogP contribution in [-0.4, -0.2) is 96.7 Å². The zero-order chi connectivity index (χ0) is 32.1. The number of rotatable bonds is 9. The van der Waals surface area contributed by atoms with Crippen LogP contribution in [0.1, 0.15) is 30.0 Å². The summed E-state index contributed by atoms with van der Waals surface area (Å²) in [7, 11) is 2.01. The van der Waals surface area contributed by atoms with Gasteiger partial charge in [0.1, 0.15) is 11.4 Å². The average molecular weight is 645 g/mol. The van der Waals surface area contributed by atoms with Crippen LogP contribution >= 0.6 is 12.2 Å². The van der Waals surface area contributed by atoms with Gasteiger partial charge in [0.05, 0.1) is 25.8 Å². The summed E-state index contributed by atoms with van der Waals surface area (Å²) in [5.74, 6) is -0.956. The van der Waals surface area contributed by atoms with E-state index < -0.39 is 11.4 Å². The summed E-state index contributed by atoms with van der Waals surface area (Å²) in [4.78, 5) is 36.7. The third-order valence-corrected chi connectivity index (χ3v) is 9.73. The molecule has 3 fully saturated rings. The first kappa shape index (κ1) is 31.9. The van der Waals surface area contributed by atoms with Crippen LogP contribution in [0.2, 0.25) is 0 Å². The minimum atomic E-state index is -1.19. The van der Waals surface area contributed by atoms with Gasteiger partial charge in [-0.1, -0.05) is 48.5 Å². The maximum Gasteiger partial charge on any atom is 0.250 e. The van der Waals surface area contributed by atoms with Gasteiger partial charge in [-0.05, 0) is 68.0 Å². The molecule has 6 rings (SSSR count). The Morgan fingerprint density at radius 3 is 2.35 bits per heavy atom. The predicted octanol–water partition coefficient (Wildman–Crippen LogP) is 4.03. The molecule has 11 heteroatoms. The topological polar surface area (TPSA) is 80.4 Å². The Labute approximate surface area is 275 Å². The Balaban J connectivity index is 1.27. The van der Waals surface area contributed by atoms with Gasteiger partial charge in [-0.25, -0.2) is 4.39 Å². The molecule has 9 nitrogen and oxygen atoms in total. The van der Waals surface area contributed by atoms with E-state index in [0.29, 0.717) is 62.1 Å². The van der Waals surface area contributed by atoms with E-state index in [2.05, 4.69) is 20.4 Å². The van der Waals surface area contributed by atoms with Crippen molar-refractivity contribution in [1.82, 2.24) is 20.0 Å². The van der Waals surface area contributed by atoms with Gasteiger partial charge in [0.15, 0.2) is 5.11 Å². The molecule has 3 heterocycles. The molecule has 0 bridgehead atoms. The number of piperidine rings is 1. The molecule has 0 radical (unpaired) electrons. The Hall–Kier alpha value is -4.06. The number of amides is 2. The largest absolute Gasteiger partial charge is 0.378 e. The second-order valence-corrected chi connectivity index (χ2v) is 12.7. The van der Waals surface area contributed by atoms with Crippen LogP contribution in [0.4, 0.5) is 15.8 Å². The van der Waals surface area contributed by atoms with E-state index in [-0.39, 0.29) is 30.9 Å². The van der Waals surface area contributed by atoms with E-state index in [0.717, 1.165) is 24.3 Å². The summed E-state index contributed by atoms with van der Waals surface area (Å²) in [6.07, 6.45) is 0.827. The van der Waals surface area contributed by atoms with Crippen molar-refractivity contribution in [3.05, 3.63) is 95.8 Å². The summed E-state index contributed by atoms with van der Waals surface area (Å²) in [6.45, 7) is 4.69. The van der Waals surface area contributed by atoms with Gasteiger partial charge in [0, 0.05) is 56.2 Å². The molecule has 3 aromatic carbocycles. The molecule has 3 aliphatic rings. The SMILES string of the molecule is CN1CCC(C(=O)Nc2ccc(N3CCOCC3)cc2)(N(Cc2ccccc2F)C(=O)CN2C[C@H](c3ccccc3)NC2=S)CC1. The first-order valence-electron chi connectivity index (χ1n) is 15.9. The Morgan fingerprint density at radius 1 is 0.978 bits per heavy atom. The summed E-state index contributed by atoms with van der Waals surface area (Å²) in [5.41, 5.74) is 1.96. The second-order valence-electron chi connectivity index (χ2n) is 12.3. The number of anilines is 2. The molecular formula is C35H41FN6O3S. The number of carbonyl (C=O) groups excluding carboxylic acids is 2. The van der Waals surface area contributed by atoms with Crippen molar-refractivity contribution in [3.8, 4) is 0 Å². The molecule has 1 atom stereocenters. The number of nitrogens with one attached hydrogen (secondary N) is 2. The highest BCUT2D eigenvalue weighted by Gasteiger charge is 2.48. The van der Waals surface area contributed by atoms with E-state index in [1.165, 1.54) is 6.07 Å². The summed E-state index contributed by atoms with van der Waals surface area (Å²) < 4.78 is 20.6. The van der Waals surface area contributed by atoms with Crippen molar-refractivity contribution in [2.24, 2.45) is 0 Å². The van der Waals surface area contributed by atoms with Gasteiger partial charge >= 0.3 is 0 Å². The third kappa shape index (κ3) is 7.01. The van der Waals surface area contributed by atoms with Gasteiger partial charge in [-0.15, -0.1) is 0 Å². The number of nitrogens with zero attached hydrogens (tertiary/aromatic N) is 4. The van der Waals surface area contributed by atoms with Crippen LogP contribution < -0.4 is 15.5 Å². The van der Waals surface area contributed by atoms with Gasteiger partial charge < -0.3 is 35.0 Å². The highest BCUT2D eigenvalue weighted by atomic mass is 32.1. The van der Waals surface area contributed by atoms with Crippen molar-refractivity contribution in [1.29, 1.82) is 0 Å². The zero-order valence-corrected chi connectivity index (χ0v) is 27.0. The molecule has 0 aromatic heterocycles. The highest BCUT2D eigenvalue weighted by molar-refractivity contribution is 7.80. The number of halogens is 1. The highest BCUT2D eigenvalue weighted by Crippen LogP contribution is 2.34.